The van der Waals surface area contributed by atoms with Gasteiger partial charge in [0.2, 0.25) is 5.91 Å². The largest absolute Gasteiger partial charge is 0.337 e. The summed E-state index contributed by atoms with van der Waals surface area (Å²) in [5, 5.41) is 0. The molecular weight excluding hydrogens is 310 g/mol. The van der Waals surface area contributed by atoms with E-state index in [0.29, 0.717) is 5.91 Å². The van der Waals surface area contributed by atoms with Gasteiger partial charge in [-0.3, -0.25) is 14.7 Å². The van der Waals surface area contributed by atoms with Gasteiger partial charge >= 0.3 is 0 Å². The predicted molar refractivity (Wildman–Crippen MR) is 97.9 cm³/mol. The molecule has 0 unspecified atom stereocenters. The Labute approximate surface area is 149 Å². The molecule has 2 aromatic rings. The van der Waals surface area contributed by atoms with Crippen LogP contribution in [0.1, 0.15) is 35.8 Å². The summed E-state index contributed by atoms with van der Waals surface area (Å²) in [5.74, 6) is 0.315. The highest BCUT2D eigenvalue weighted by Gasteiger charge is 2.59. The summed E-state index contributed by atoms with van der Waals surface area (Å²) in [5.41, 5.74) is 3.24. The van der Waals surface area contributed by atoms with Gasteiger partial charge in [-0.05, 0) is 50.6 Å². The molecule has 130 valence electrons. The summed E-state index contributed by atoms with van der Waals surface area (Å²) in [6, 6.07) is 16.9. The molecule has 25 heavy (non-hydrogen) atoms. The van der Waals surface area contributed by atoms with E-state index in [1.54, 1.807) is 0 Å². The topological polar surface area (TPSA) is 36.4 Å². The molecule has 2 aliphatic heterocycles. The summed E-state index contributed by atoms with van der Waals surface area (Å²) in [6.07, 6.45) is 1.86. The normalized spacial score (nSPS) is 22.9. The third-order valence-electron chi connectivity index (χ3n) is 5.85. The Morgan fingerprint density at radius 3 is 2.48 bits per heavy atom. The molecule has 1 atom stereocenters. The number of nitrogens with zero attached hydrogens (tertiary/aromatic N) is 3. The third-order valence-corrected chi connectivity index (χ3v) is 5.85. The third kappa shape index (κ3) is 2.74. The van der Waals surface area contributed by atoms with E-state index in [9.17, 15) is 4.79 Å². The van der Waals surface area contributed by atoms with Crippen molar-refractivity contribution >= 4 is 5.91 Å². The zero-order chi connectivity index (χ0) is 17.4. The average Bonchev–Trinajstić information content (AvgIpc) is 2.64. The van der Waals surface area contributed by atoms with Crippen molar-refractivity contribution in [2.75, 3.05) is 20.1 Å². The molecule has 1 aromatic heterocycles. The van der Waals surface area contributed by atoms with Crippen LogP contribution in [-0.2, 0) is 11.3 Å². The standard InChI is InChI=1S/C21H25N3O/c1-16-7-6-10-18(22-16)15-24-13-11-21(12-14-24)19(23(2)20(21)25)17-8-4-3-5-9-17/h3-10,19H,11-15H2,1-2H3/t19-/m0/s1. The lowest BCUT2D eigenvalue weighted by molar-refractivity contribution is -0.176. The molecule has 0 aliphatic carbocycles. The van der Waals surface area contributed by atoms with Crippen molar-refractivity contribution in [2.24, 2.45) is 5.41 Å². The summed E-state index contributed by atoms with van der Waals surface area (Å²) < 4.78 is 0. The highest BCUT2D eigenvalue weighted by molar-refractivity contribution is 5.90. The van der Waals surface area contributed by atoms with Crippen LogP contribution in [0.3, 0.4) is 0 Å². The van der Waals surface area contributed by atoms with Gasteiger partial charge in [0.1, 0.15) is 0 Å². The number of piperidine rings is 1. The first-order chi connectivity index (χ1) is 12.1. The quantitative estimate of drug-likeness (QED) is 0.808. The zero-order valence-electron chi connectivity index (χ0n) is 15.0. The molecule has 2 saturated heterocycles. The van der Waals surface area contributed by atoms with E-state index >= 15 is 0 Å². The smallest absolute Gasteiger partial charge is 0.231 e. The van der Waals surface area contributed by atoms with Crippen LogP contribution in [0, 0.1) is 12.3 Å². The van der Waals surface area contributed by atoms with Gasteiger partial charge in [-0.2, -0.15) is 0 Å². The fraction of sp³-hybridized carbons (Fsp3) is 0.429. The van der Waals surface area contributed by atoms with Gasteiger partial charge in [0.15, 0.2) is 0 Å². The lowest BCUT2D eigenvalue weighted by atomic mass is 9.62. The van der Waals surface area contributed by atoms with Gasteiger partial charge in [-0.25, -0.2) is 0 Å². The van der Waals surface area contributed by atoms with E-state index in [1.807, 2.05) is 31.0 Å². The van der Waals surface area contributed by atoms with Crippen LogP contribution >= 0.6 is 0 Å². The maximum atomic E-state index is 12.7. The number of pyridine rings is 1. The first kappa shape index (κ1) is 16.3. The van der Waals surface area contributed by atoms with Gasteiger partial charge in [-0.1, -0.05) is 36.4 Å². The number of benzene rings is 1. The molecule has 4 heteroatoms. The molecule has 4 rings (SSSR count). The molecule has 0 saturated carbocycles. The summed E-state index contributed by atoms with van der Waals surface area (Å²) in [6.45, 7) is 4.82. The first-order valence-electron chi connectivity index (χ1n) is 9.07. The molecule has 2 aliphatic rings. The maximum absolute atomic E-state index is 12.7. The molecule has 2 fully saturated rings. The van der Waals surface area contributed by atoms with Crippen molar-refractivity contribution in [3.8, 4) is 0 Å². The van der Waals surface area contributed by atoms with Crippen molar-refractivity contribution in [3.05, 3.63) is 65.5 Å². The van der Waals surface area contributed by atoms with E-state index in [2.05, 4.69) is 46.3 Å². The number of likely N-dealkylation sites (tertiary alicyclic amines) is 2. The minimum absolute atomic E-state index is 0.202. The van der Waals surface area contributed by atoms with Crippen LogP contribution in [0.2, 0.25) is 0 Å². The molecule has 0 N–H and O–H groups in total. The Hall–Kier alpha value is -2.20. The molecule has 3 heterocycles. The van der Waals surface area contributed by atoms with E-state index < -0.39 is 0 Å². The van der Waals surface area contributed by atoms with Crippen molar-refractivity contribution in [1.82, 2.24) is 14.8 Å². The van der Waals surface area contributed by atoms with E-state index in [4.69, 9.17) is 0 Å². The molecule has 1 aromatic carbocycles. The summed E-state index contributed by atoms with van der Waals surface area (Å²) >= 11 is 0. The number of rotatable bonds is 3. The Kier molecular flexibility index (Phi) is 4.08. The van der Waals surface area contributed by atoms with Gasteiger partial charge in [-0.15, -0.1) is 0 Å². The van der Waals surface area contributed by atoms with Crippen molar-refractivity contribution < 1.29 is 4.79 Å². The SMILES string of the molecule is Cc1cccc(CN2CCC3(CC2)C(=O)N(C)[C@H]3c2ccccc2)n1. The van der Waals surface area contributed by atoms with E-state index in [-0.39, 0.29) is 11.5 Å². The number of β-lactam (4-membered cyclic amide) rings is 1. The second kappa shape index (κ2) is 6.26. The monoisotopic (exact) mass is 335 g/mol. The second-order valence-electron chi connectivity index (χ2n) is 7.43. The highest BCUT2D eigenvalue weighted by atomic mass is 16.2. The van der Waals surface area contributed by atoms with Crippen LogP contribution in [0.15, 0.2) is 48.5 Å². The number of aryl methyl sites for hydroxylation is 1. The minimum atomic E-state index is -0.202. The molecule has 1 spiro atoms. The van der Waals surface area contributed by atoms with Gasteiger partial charge < -0.3 is 4.90 Å². The molecule has 0 radical (unpaired) electrons. The summed E-state index contributed by atoms with van der Waals surface area (Å²) in [4.78, 5) is 21.7. The lowest BCUT2D eigenvalue weighted by Crippen LogP contribution is -2.64. The van der Waals surface area contributed by atoms with Crippen molar-refractivity contribution in [2.45, 2.75) is 32.4 Å². The number of aromatic nitrogens is 1. The number of amides is 1. The Balaban J connectivity index is 1.47. The summed E-state index contributed by atoms with van der Waals surface area (Å²) in [7, 11) is 1.94. The molecular formula is C21H25N3O. The average molecular weight is 335 g/mol. The Bertz CT molecular complexity index is 766. The fourth-order valence-corrected chi connectivity index (χ4v) is 4.58. The number of hydrogen-bond donors (Lipinski definition) is 0. The maximum Gasteiger partial charge on any atom is 0.231 e. The zero-order valence-corrected chi connectivity index (χ0v) is 15.0. The number of hydrogen-bond acceptors (Lipinski definition) is 3. The van der Waals surface area contributed by atoms with Gasteiger partial charge in [0.25, 0.3) is 0 Å². The first-order valence-corrected chi connectivity index (χ1v) is 9.07. The number of carbonyl (C=O) groups is 1. The van der Waals surface area contributed by atoms with Crippen LogP contribution in [0.4, 0.5) is 0 Å². The van der Waals surface area contributed by atoms with Crippen LogP contribution in [-0.4, -0.2) is 40.8 Å². The highest BCUT2D eigenvalue weighted by Crippen LogP contribution is 2.55. The molecule has 0 bridgehead atoms. The van der Waals surface area contributed by atoms with E-state index in [0.717, 1.165) is 43.9 Å². The van der Waals surface area contributed by atoms with E-state index in [1.165, 1.54) is 5.56 Å². The van der Waals surface area contributed by atoms with Crippen LogP contribution < -0.4 is 0 Å². The Morgan fingerprint density at radius 2 is 1.80 bits per heavy atom. The Morgan fingerprint density at radius 1 is 1.08 bits per heavy atom. The minimum Gasteiger partial charge on any atom is -0.337 e. The van der Waals surface area contributed by atoms with Crippen LogP contribution in [0.5, 0.6) is 0 Å². The lowest BCUT2D eigenvalue weighted by Gasteiger charge is -2.58. The molecule has 4 nitrogen and oxygen atoms in total. The second-order valence-corrected chi connectivity index (χ2v) is 7.43. The van der Waals surface area contributed by atoms with Gasteiger partial charge in [0.05, 0.1) is 17.2 Å². The van der Waals surface area contributed by atoms with Crippen LogP contribution in [0.25, 0.3) is 0 Å². The van der Waals surface area contributed by atoms with Crippen molar-refractivity contribution in [3.63, 3.8) is 0 Å². The molecule has 1 amide bonds. The van der Waals surface area contributed by atoms with Gasteiger partial charge in [0, 0.05) is 19.3 Å². The predicted octanol–water partition coefficient (Wildman–Crippen LogP) is 3.19. The fourth-order valence-electron chi connectivity index (χ4n) is 4.58. The van der Waals surface area contributed by atoms with Crippen molar-refractivity contribution in [1.29, 1.82) is 0 Å². The number of carbonyl (C=O) groups excluding carboxylic acids is 1.